The molecule has 1 aromatic rings. The van der Waals surface area contributed by atoms with Gasteiger partial charge in [0.2, 0.25) is 0 Å². The molecule has 0 spiro atoms. The standard InChI is InChI=1S/C14H16N2O2/c1-10-4-3-5-11(8-15)12(10)16-7-6-14(2,9-16)13(17)18/h3-5H,6-7,9H2,1-2H3,(H,17,18). The Kier molecular flexibility index (Phi) is 3.00. The van der Waals surface area contributed by atoms with Crippen LogP contribution in [0.2, 0.25) is 0 Å². The Labute approximate surface area is 106 Å². The first-order chi connectivity index (χ1) is 8.48. The molecule has 1 aliphatic heterocycles. The van der Waals surface area contributed by atoms with E-state index in [1.165, 1.54) is 0 Å². The molecule has 1 saturated heterocycles. The normalized spacial score (nSPS) is 22.8. The fourth-order valence-corrected chi connectivity index (χ4v) is 2.50. The summed E-state index contributed by atoms with van der Waals surface area (Å²) in [4.78, 5) is 13.3. The van der Waals surface area contributed by atoms with E-state index in [2.05, 4.69) is 6.07 Å². The molecule has 0 saturated carbocycles. The van der Waals surface area contributed by atoms with Gasteiger partial charge in [-0.15, -0.1) is 0 Å². The number of hydrogen-bond donors (Lipinski definition) is 1. The van der Waals surface area contributed by atoms with E-state index in [1.807, 2.05) is 24.0 Å². The largest absolute Gasteiger partial charge is 0.481 e. The van der Waals surface area contributed by atoms with Crippen LogP contribution in [0.4, 0.5) is 5.69 Å². The molecular weight excluding hydrogens is 228 g/mol. The van der Waals surface area contributed by atoms with Gasteiger partial charge in [0.25, 0.3) is 0 Å². The zero-order valence-corrected chi connectivity index (χ0v) is 10.6. The number of nitrogens with zero attached hydrogens (tertiary/aromatic N) is 2. The van der Waals surface area contributed by atoms with Crippen molar-refractivity contribution in [1.82, 2.24) is 0 Å². The van der Waals surface area contributed by atoms with E-state index < -0.39 is 11.4 Å². The summed E-state index contributed by atoms with van der Waals surface area (Å²) in [5, 5.41) is 18.4. The second-order valence-electron chi connectivity index (χ2n) is 5.12. The Hall–Kier alpha value is -2.02. The summed E-state index contributed by atoms with van der Waals surface area (Å²) in [6.07, 6.45) is 0.613. The summed E-state index contributed by atoms with van der Waals surface area (Å²) in [5.41, 5.74) is 1.80. The molecule has 0 bridgehead atoms. The average Bonchev–Trinajstić information content (AvgIpc) is 2.72. The van der Waals surface area contributed by atoms with Crippen LogP contribution in [0, 0.1) is 23.7 Å². The molecule has 18 heavy (non-hydrogen) atoms. The molecule has 0 radical (unpaired) electrons. The summed E-state index contributed by atoms with van der Waals surface area (Å²) >= 11 is 0. The van der Waals surface area contributed by atoms with Gasteiger partial charge in [0.15, 0.2) is 0 Å². The summed E-state index contributed by atoms with van der Waals surface area (Å²) in [6, 6.07) is 7.76. The highest BCUT2D eigenvalue weighted by Crippen LogP contribution is 2.36. The Morgan fingerprint density at radius 3 is 2.83 bits per heavy atom. The van der Waals surface area contributed by atoms with E-state index in [1.54, 1.807) is 13.0 Å². The van der Waals surface area contributed by atoms with Gasteiger partial charge in [-0.3, -0.25) is 4.79 Å². The first-order valence-corrected chi connectivity index (χ1v) is 5.96. The summed E-state index contributed by atoms with van der Waals surface area (Å²) in [6.45, 7) is 4.86. The van der Waals surface area contributed by atoms with Crippen molar-refractivity contribution >= 4 is 11.7 Å². The fourth-order valence-electron chi connectivity index (χ4n) is 2.50. The van der Waals surface area contributed by atoms with E-state index in [9.17, 15) is 9.90 Å². The van der Waals surface area contributed by atoms with Crippen LogP contribution in [-0.4, -0.2) is 24.2 Å². The number of benzene rings is 1. The molecule has 1 unspecified atom stereocenters. The smallest absolute Gasteiger partial charge is 0.311 e. The molecule has 0 amide bonds. The van der Waals surface area contributed by atoms with Gasteiger partial charge in [-0.2, -0.15) is 5.26 Å². The van der Waals surface area contributed by atoms with E-state index in [-0.39, 0.29) is 0 Å². The molecule has 1 heterocycles. The van der Waals surface area contributed by atoms with Gasteiger partial charge in [-0.05, 0) is 31.9 Å². The van der Waals surface area contributed by atoms with E-state index in [0.717, 1.165) is 11.3 Å². The molecule has 1 aromatic carbocycles. The number of carboxylic acids is 1. The number of anilines is 1. The lowest BCUT2D eigenvalue weighted by atomic mass is 9.90. The highest BCUT2D eigenvalue weighted by Gasteiger charge is 2.41. The average molecular weight is 244 g/mol. The third-order valence-corrected chi connectivity index (χ3v) is 3.66. The molecular formula is C14H16N2O2. The van der Waals surface area contributed by atoms with Crippen LogP contribution in [0.3, 0.4) is 0 Å². The summed E-state index contributed by atoms with van der Waals surface area (Å²) < 4.78 is 0. The van der Waals surface area contributed by atoms with Crippen molar-refractivity contribution in [1.29, 1.82) is 5.26 Å². The third kappa shape index (κ3) is 1.92. The lowest BCUT2D eigenvalue weighted by molar-refractivity contribution is -0.146. The van der Waals surface area contributed by atoms with Gasteiger partial charge in [0, 0.05) is 13.1 Å². The first-order valence-electron chi connectivity index (χ1n) is 5.96. The van der Waals surface area contributed by atoms with Crippen molar-refractivity contribution in [2.45, 2.75) is 20.3 Å². The van der Waals surface area contributed by atoms with Gasteiger partial charge in [0.05, 0.1) is 16.7 Å². The minimum atomic E-state index is -0.767. The van der Waals surface area contributed by atoms with Crippen molar-refractivity contribution < 1.29 is 9.90 Å². The number of aliphatic carboxylic acids is 1. The number of rotatable bonds is 2. The molecule has 0 aliphatic carbocycles. The number of hydrogen-bond acceptors (Lipinski definition) is 3. The lowest BCUT2D eigenvalue weighted by Crippen LogP contribution is -2.32. The highest BCUT2D eigenvalue weighted by atomic mass is 16.4. The summed E-state index contributed by atoms with van der Waals surface area (Å²) in [5.74, 6) is -0.767. The molecule has 2 rings (SSSR count). The lowest BCUT2D eigenvalue weighted by Gasteiger charge is -2.24. The van der Waals surface area contributed by atoms with Gasteiger partial charge in [-0.1, -0.05) is 12.1 Å². The van der Waals surface area contributed by atoms with Crippen LogP contribution in [0.5, 0.6) is 0 Å². The zero-order chi connectivity index (χ0) is 13.3. The molecule has 4 heteroatoms. The van der Waals surface area contributed by atoms with Crippen LogP contribution in [0.15, 0.2) is 18.2 Å². The monoisotopic (exact) mass is 244 g/mol. The molecule has 1 fully saturated rings. The number of para-hydroxylation sites is 1. The Bertz CT molecular complexity index is 533. The third-order valence-electron chi connectivity index (χ3n) is 3.66. The maximum atomic E-state index is 11.2. The SMILES string of the molecule is Cc1cccc(C#N)c1N1CCC(C)(C(=O)O)C1. The second kappa shape index (κ2) is 4.34. The van der Waals surface area contributed by atoms with E-state index >= 15 is 0 Å². The fraction of sp³-hybridized carbons (Fsp3) is 0.429. The van der Waals surface area contributed by atoms with Crippen molar-refractivity contribution in [2.24, 2.45) is 5.41 Å². The van der Waals surface area contributed by atoms with Crippen molar-refractivity contribution in [2.75, 3.05) is 18.0 Å². The number of carboxylic acid groups (broad SMARTS) is 1. The van der Waals surface area contributed by atoms with Crippen LogP contribution < -0.4 is 4.90 Å². The van der Waals surface area contributed by atoms with Crippen molar-refractivity contribution in [3.05, 3.63) is 29.3 Å². The van der Waals surface area contributed by atoms with Crippen molar-refractivity contribution in [3.63, 3.8) is 0 Å². The predicted octanol–water partition coefficient (Wildman–Crippen LogP) is 2.17. The highest BCUT2D eigenvalue weighted by molar-refractivity contribution is 5.77. The Morgan fingerprint density at radius 1 is 1.56 bits per heavy atom. The van der Waals surface area contributed by atoms with E-state index in [0.29, 0.717) is 25.1 Å². The molecule has 1 aliphatic rings. The number of aryl methyl sites for hydroxylation is 1. The van der Waals surface area contributed by atoms with Crippen LogP contribution in [0.1, 0.15) is 24.5 Å². The van der Waals surface area contributed by atoms with Crippen molar-refractivity contribution in [3.8, 4) is 6.07 Å². The molecule has 1 N–H and O–H groups in total. The Balaban J connectivity index is 2.36. The quantitative estimate of drug-likeness (QED) is 0.866. The maximum absolute atomic E-state index is 11.2. The Morgan fingerprint density at radius 2 is 2.28 bits per heavy atom. The summed E-state index contributed by atoms with van der Waals surface area (Å²) in [7, 11) is 0. The number of nitriles is 1. The van der Waals surface area contributed by atoms with Gasteiger partial charge >= 0.3 is 5.97 Å². The first kappa shape index (κ1) is 12.4. The second-order valence-corrected chi connectivity index (χ2v) is 5.12. The zero-order valence-electron chi connectivity index (χ0n) is 10.6. The minimum absolute atomic E-state index is 0.460. The molecule has 1 atom stereocenters. The van der Waals surface area contributed by atoms with Crippen LogP contribution in [0.25, 0.3) is 0 Å². The van der Waals surface area contributed by atoms with Gasteiger partial charge in [-0.25, -0.2) is 0 Å². The number of carbonyl (C=O) groups is 1. The maximum Gasteiger partial charge on any atom is 0.311 e. The van der Waals surface area contributed by atoms with E-state index in [4.69, 9.17) is 5.26 Å². The molecule has 94 valence electrons. The molecule has 0 aromatic heterocycles. The van der Waals surface area contributed by atoms with Gasteiger partial charge < -0.3 is 10.0 Å². The van der Waals surface area contributed by atoms with Gasteiger partial charge in [0.1, 0.15) is 6.07 Å². The van der Waals surface area contributed by atoms with Crippen LogP contribution >= 0.6 is 0 Å². The molecule has 4 nitrogen and oxygen atoms in total. The topological polar surface area (TPSA) is 64.3 Å². The predicted molar refractivity (Wildman–Crippen MR) is 68.5 cm³/mol. The minimum Gasteiger partial charge on any atom is -0.481 e. The van der Waals surface area contributed by atoms with Crippen LogP contribution in [-0.2, 0) is 4.79 Å².